The molecule has 2 aliphatic heterocycles. The number of thiazole rings is 2. The summed E-state index contributed by atoms with van der Waals surface area (Å²) < 4.78 is 12.4. The molecule has 5 heterocycles. The van der Waals surface area contributed by atoms with E-state index in [2.05, 4.69) is 31.6 Å². The van der Waals surface area contributed by atoms with E-state index in [9.17, 15) is 24.0 Å². The van der Waals surface area contributed by atoms with Gasteiger partial charge in [0.05, 0.1) is 41.9 Å². The number of carbonyl (C=O) groups excluding carboxylic acids is 5. The van der Waals surface area contributed by atoms with Crippen LogP contribution in [0.25, 0.3) is 22.3 Å². The van der Waals surface area contributed by atoms with Crippen LogP contribution in [0.3, 0.4) is 0 Å². The summed E-state index contributed by atoms with van der Waals surface area (Å²) in [7, 11) is 1.59. The number of ketones is 1. The van der Waals surface area contributed by atoms with Gasteiger partial charge in [-0.2, -0.15) is 0 Å². The highest BCUT2D eigenvalue weighted by Crippen LogP contribution is 2.47. The van der Waals surface area contributed by atoms with E-state index in [1.807, 2.05) is 81.8 Å². The Morgan fingerprint density at radius 3 is 2.42 bits per heavy atom. The summed E-state index contributed by atoms with van der Waals surface area (Å²) in [6, 6.07) is 12.4. The normalized spacial score (nSPS) is 21.4. The molecule has 18 heteroatoms. The number of carbonyl (C=O) groups is 5. The van der Waals surface area contributed by atoms with Crippen LogP contribution in [0.5, 0.6) is 11.5 Å². The second-order valence-corrected chi connectivity index (χ2v) is 19.6. The average Bonchev–Trinajstić information content (AvgIpc) is 3.70. The molecule has 5 atom stereocenters. The summed E-state index contributed by atoms with van der Waals surface area (Å²) in [6.07, 6.45) is 6.45. The van der Waals surface area contributed by atoms with Gasteiger partial charge in [0.25, 0.3) is 5.91 Å². The van der Waals surface area contributed by atoms with Crippen molar-refractivity contribution in [1.29, 1.82) is 0 Å². The monoisotopic (exact) mass is 947 g/mol. The van der Waals surface area contributed by atoms with Gasteiger partial charge in [0.1, 0.15) is 40.9 Å². The van der Waals surface area contributed by atoms with Gasteiger partial charge >= 0.3 is 0 Å². The van der Waals surface area contributed by atoms with Crippen LogP contribution in [-0.2, 0) is 30.4 Å². The smallest absolute Gasteiger partial charge is 0.294 e. The number of amides is 4. The lowest BCUT2D eigenvalue weighted by atomic mass is 10.0. The summed E-state index contributed by atoms with van der Waals surface area (Å²) in [4.78, 5) is 86.9. The zero-order valence-corrected chi connectivity index (χ0v) is 40.1. The van der Waals surface area contributed by atoms with Gasteiger partial charge in [0.15, 0.2) is 10.3 Å². The zero-order valence-electron chi connectivity index (χ0n) is 38.5. The number of pyridine rings is 1. The lowest BCUT2D eigenvalue weighted by molar-refractivity contribution is -0.142. The molecular weight excluding hydrogens is 891 g/mol. The number of benzene rings is 2. The number of rotatable bonds is 13. The van der Waals surface area contributed by atoms with Gasteiger partial charge in [0, 0.05) is 53.1 Å². The summed E-state index contributed by atoms with van der Waals surface area (Å²) in [5.41, 5.74) is 1.78. The number of anilines is 4. The number of nitrogens with zero attached hydrogens (tertiary/aromatic N) is 4. The number of hydrogen-bond acceptors (Lipinski definition) is 14. The molecule has 0 radical (unpaired) electrons. The van der Waals surface area contributed by atoms with Gasteiger partial charge in [-0.15, -0.1) is 22.7 Å². The Kier molecular flexibility index (Phi) is 14.2. The number of allylic oxidation sites excluding steroid dienone is 1. The van der Waals surface area contributed by atoms with E-state index in [0.717, 1.165) is 23.7 Å². The lowest BCUT2D eigenvalue weighted by Crippen LogP contribution is -2.57. The van der Waals surface area contributed by atoms with Gasteiger partial charge in [-0.1, -0.05) is 45.1 Å². The number of nitrogens with one attached hydrogen (secondary N) is 5. The first-order valence-electron chi connectivity index (χ1n) is 22.9. The third-order valence-electron chi connectivity index (χ3n) is 12.2. The minimum atomic E-state index is -1.57. The van der Waals surface area contributed by atoms with Crippen molar-refractivity contribution < 1.29 is 33.4 Å². The van der Waals surface area contributed by atoms with Crippen molar-refractivity contribution in [2.45, 2.75) is 109 Å². The molecule has 1 saturated heterocycles. The summed E-state index contributed by atoms with van der Waals surface area (Å²) >= 11 is 2.88. The van der Waals surface area contributed by atoms with Crippen molar-refractivity contribution in [2.75, 3.05) is 34.9 Å². The second kappa shape index (κ2) is 20.2. The molecule has 3 aromatic heterocycles. The van der Waals surface area contributed by atoms with E-state index in [-0.39, 0.29) is 48.8 Å². The van der Waals surface area contributed by atoms with Crippen LogP contribution in [0.1, 0.15) is 78.8 Å². The molecule has 5 N–H and O–H groups in total. The molecule has 2 fully saturated rings. The number of aromatic nitrogens is 3. The third kappa shape index (κ3) is 10.6. The maximum atomic E-state index is 15.0. The summed E-state index contributed by atoms with van der Waals surface area (Å²) in [5.74, 6) is -2.47. The van der Waals surface area contributed by atoms with Crippen LogP contribution < -0.4 is 36.1 Å². The lowest BCUT2D eigenvalue weighted by Gasteiger charge is -2.31. The molecule has 5 aromatic rings. The third-order valence-corrected chi connectivity index (χ3v) is 13.8. The predicted octanol–water partition coefficient (Wildman–Crippen LogP) is 7.84. The number of fused-ring (bicyclic) bond motifs is 3. The highest BCUT2D eigenvalue weighted by Gasteiger charge is 2.62. The van der Waals surface area contributed by atoms with Crippen molar-refractivity contribution in [3.8, 4) is 22.9 Å². The Morgan fingerprint density at radius 2 is 1.69 bits per heavy atom. The van der Waals surface area contributed by atoms with E-state index in [4.69, 9.17) is 19.4 Å². The highest BCUT2D eigenvalue weighted by molar-refractivity contribution is 7.14. The molecular formula is C49H57N9O7S2. The molecule has 1 aliphatic carbocycles. The fraction of sp³-hybridized carbons (Fsp3) is 0.429. The van der Waals surface area contributed by atoms with Crippen molar-refractivity contribution in [2.24, 2.45) is 11.8 Å². The molecule has 2 aromatic carbocycles. The predicted molar refractivity (Wildman–Crippen MR) is 262 cm³/mol. The minimum absolute atomic E-state index is 0.0433. The molecule has 8 rings (SSSR count). The summed E-state index contributed by atoms with van der Waals surface area (Å²) in [6.45, 7) is 10.0. The Labute approximate surface area is 397 Å². The average molecular weight is 948 g/mol. The Bertz CT molecular complexity index is 2700. The molecule has 352 valence electrons. The van der Waals surface area contributed by atoms with Crippen LogP contribution >= 0.6 is 22.7 Å². The number of methoxy groups -OCH3 is 1. The molecule has 16 nitrogen and oxygen atoms in total. The molecule has 1 saturated carbocycles. The topological polar surface area (TPSA) is 206 Å². The maximum Gasteiger partial charge on any atom is 0.294 e. The Morgan fingerprint density at radius 1 is 0.925 bits per heavy atom. The highest BCUT2D eigenvalue weighted by atomic mass is 32.1. The van der Waals surface area contributed by atoms with Gasteiger partial charge in [-0.3, -0.25) is 24.0 Å². The fourth-order valence-corrected chi connectivity index (χ4v) is 10.2. The molecule has 1 unspecified atom stereocenters. The van der Waals surface area contributed by atoms with Crippen molar-refractivity contribution >= 4 is 84.6 Å². The molecule has 0 spiro atoms. The molecule has 67 heavy (non-hydrogen) atoms. The quantitative estimate of drug-likeness (QED) is 0.0566. The molecule has 4 amide bonds. The zero-order chi connectivity index (χ0) is 47.4. The van der Waals surface area contributed by atoms with Crippen molar-refractivity contribution in [1.82, 2.24) is 25.2 Å². The van der Waals surface area contributed by atoms with Crippen LogP contribution in [-0.4, -0.2) is 92.7 Å². The first-order valence-corrected chi connectivity index (χ1v) is 24.6. The van der Waals surface area contributed by atoms with E-state index in [1.165, 1.54) is 27.6 Å². The van der Waals surface area contributed by atoms with Crippen LogP contribution in [0.15, 0.2) is 71.4 Å². The Balaban J connectivity index is 1.12. The number of likely N-dealkylation sites (tertiary alicyclic amines) is 1. The van der Waals surface area contributed by atoms with E-state index in [1.54, 1.807) is 31.4 Å². The first-order chi connectivity index (χ1) is 32.2. The van der Waals surface area contributed by atoms with Crippen molar-refractivity contribution in [3.05, 3.63) is 77.1 Å². The molecule has 3 aliphatic rings. The number of aryl methyl sites for hydroxylation is 1. The largest absolute Gasteiger partial charge is 0.497 e. The van der Waals surface area contributed by atoms with E-state index < -0.39 is 47.2 Å². The fourth-order valence-electron chi connectivity index (χ4n) is 8.54. The van der Waals surface area contributed by atoms with Crippen LogP contribution in [0.4, 0.5) is 21.6 Å². The van der Waals surface area contributed by atoms with Crippen molar-refractivity contribution in [3.63, 3.8) is 0 Å². The molecule has 0 bridgehead atoms. The van der Waals surface area contributed by atoms with Crippen LogP contribution in [0, 0.1) is 11.8 Å². The number of para-hydroxylation sites is 2. The standard InChI is InChI=1S/C49H57N9O7S2/c1-7-30-25-66-48(51-30)56-42(27(2)3)46(63)58-24-32(65-40-22-37(38-26-67-47(55-38)50-28(4)5)52-36-20-31(64-6)18-19-33(36)40)21-39(58)44(61)57-49-23-29(49)14-10-8-9-11-17-41(59)53-34-15-12-13-16-35(34)54-45(62)43(49)60/h10,12-16,18-20,22,25-29,32,39,42H,7-9,11,17,21,23-24H2,1-6H3,(H,50,55)(H,51,56)(H,53,59)(H,54,62)(H,57,61)/t29-,32-,39-,42?,49-/m0/s1. The first kappa shape index (κ1) is 47.1. The Hall–Kier alpha value is -6.40. The minimum Gasteiger partial charge on any atom is -0.497 e. The van der Waals surface area contributed by atoms with Crippen LogP contribution in [0.2, 0.25) is 0 Å². The van der Waals surface area contributed by atoms with E-state index >= 15 is 0 Å². The van der Waals surface area contributed by atoms with Gasteiger partial charge in [-0.05, 0) is 76.1 Å². The van der Waals surface area contributed by atoms with Gasteiger partial charge < -0.3 is 41.0 Å². The van der Waals surface area contributed by atoms with Gasteiger partial charge in [-0.25, -0.2) is 15.0 Å². The summed E-state index contributed by atoms with van der Waals surface area (Å²) in [5, 5.41) is 21.2. The maximum absolute atomic E-state index is 15.0. The number of ether oxygens (including phenoxy) is 2. The van der Waals surface area contributed by atoms with E-state index in [0.29, 0.717) is 63.9 Å². The number of hydrogen-bond donors (Lipinski definition) is 5. The second-order valence-electron chi connectivity index (χ2n) is 17.9. The number of Topliss-reactive ketones (excluding diaryl/α,β-unsaturated/α-hetero) is 1. The SMILES string of the molecule is CCc1csc(NC(C(=O)N2C[C@@H](Oc3cc(-c4csc(NC(C)C)n4)nc4cc(OC)ccc34)C[C@H]2C(=O)N[C@@]23C[C@@H]2C=CCCCCC(=O)Nc2ccccc2NC(=O)C3=O)C(C)C)n1. The van der Waals surface area contributed by atoms with Gasteiger partial charge in [0.2, 0.25) is 23.5 Å².